The first kappa shape index (κ1) is 17.7. The number of benzene rings is 1. The molecular formula is C20H27N3O2. The lowest BCUT2D eigenvalue weighted by molar-refractivity contribution is -0.136. The van der Waals surface area contributed by atoms with Crippen molar-refractivity contribution in [1.29, 1.82) is 0 Å². The molecule has 0 radical (unpaired) electrons. The summed E-state index contributed by atoms with van der Waals surface area (Å²) in [5.41, 5.74) is 1.94. The van der Waals surface area contributed by atoms with Crippen LogP contribution in [0, 0.1) is 5.92 Å². The van der Waals surface area contributed by atoms with Crippen molar-refractivity contribution in [2.75, 3.05) is 20.1 Å². The summed E-state index contributed by atoms with van der Waals surface area (Å²) in [6.45, 7) is 6.71. The molecule has 1 atom stereocenters. The van der Waals surface area contributed by atoms with Gasteiger partial charge in [-0.25, -0.2) is 0 Å². The number of piperidine rings is 1. The second-order valence-corrected chi connectivity index (χ2v) is 7.29. The van der Waals surface area contributed by atoms with Crippen LogP contribution in [0.1, 0.15) is 32.4 Å². The van der Waals surface area contributed by atoms with E-state index >= 15 is 0 Å². The van der Waals surface area contributed by atoms with Crippen LogP contribution in [0.2, 0.25) is 0 Å². The van der Waals surface area contributed by atoms with Gasteiger partial charge in [-0.05, 0) is 33.2 Å². The largest absolute Gasteiger partial charge is 0.359 e. The number of nitrogens with zero attached hydrogens (tertiary/aromatic N) is 3. The topological polar surface area (TPSA) is 49.6 Å². The molecular weight excluding hydrogens is 314 g/mol. The molecule has 2 aromatic rings. The summed E-state index contributed by atoms with van der Waals surface area (Å²) in [6.07, 6.45) is 1.63. The van der Waals surface area contributed by atoms with Crippen LogP contribution < -0.4 is 0 Å². The standard InChI is InChI=1S/C20H27N3O2/c1-15(2)23-13-16(9-10-20(23)24)12-22(3)14-18-11-19(21-25-18)17-7-5-4-6-8-17/h4-8,11,15-16H,9-10,12-14H2,1-3H3. The van der Waals surface area contributed by atoms with E-state index in [1.807, 2.05) is 41.3 Å². The molecule has 2 heterocycles. The van der Waals surface area contributed by atoms with Gasteiger partial charge in [0.05, 0.1) is 6.54 Å². The van der Waals surface area contributed by atoms with Gasteiger partial charge in [0.2, 0.25) is 5.91 Å². The van der Waals surface area contributed by atoms with Crippen molar-refractivity contribution in [2.24, 2.45) is 5.92 Å². The molecule has 1 saturated heterocycles. The van der Waals surface area contributed by atoms with Gasteiger partial charge in [-0.2, -0.15) is 0 Å². The maximum atomic E-state index is 12.0. The Hall–Kier alpha value is -2.14. The Morgan fingerprint density at radius 2 is 2.08 bits per heavy atom. The van der Waals surface area contributed by atoms with Crippen LogP contribution in [-0.4, -0.2) is 47.0 Å². The van der Waals surface area contributed by atoms with Crippen molar-refractivity contribution in [1.82, 2.24) is 15.0 Å². The first-order chi connectivity index (χ1) is 12.0. The third kappa shape index (κ3) is 4.48. The highest BCUT2D eigenvalue weighted by Crippen LogP contribution is 2.22. The average molecular weight is 341 g/mol. The number of rotatable bonds is 6. The molecule has 1 aliphatic heterocycles. The molecule has 1 aromatic carbocycles. The van der Waals surface area contributed by atoms with Gasteiger partial charge in [0.1, 0.15) is 5.69 Å². The Morgan fingerprint density at radius 1 is 1.32 bits per heavy atom. The predicted octanol–water partition coefficient (Wildman–Crippen LogP) is 3.42. The molecule has 3 rings (SSSR count). The number of carbonyl (C=O) groups excluding carboxylic acids is 1. The molecule has 0 bridgehead atoms. The highest BCUT2D eigenvalue weighted by molar-refractivity contribution is 5.77. The Kier molecular flexibility index (Phi) is 5.53. The Balaban J connectivity index is 1.55. The normalized spacial score (nSPS) is 18.4. The van der Waals surface area contributed by atoms with Crippen LogP contribution in [0.5, 0.6) is 0 Å². The van der Waals surface area contributed by atoms with Crippen molar-refractivity contribution in [3.8, 4) is 11.3 Å². The van der Waals surface area contributed by atoms with Gasteiger partial charge in [0.15, 0.2) is 5.76 Å². The van der Waals surface area contributed by atoms with E-state index in [9.17, 15) is 4.79 Å². The van der Waals surface area contributed by atoms with Gasteiger partial charge < -0.3 is 9.42 Å². The Morgan fingerprint density at radius 3 is 2.80 bits per heavy atom. The molecule has 5 nitrogen and oxygen atoms in total. The summed E-state index contributed by atoms with van der Waals surface area (Å²) in [6, 6.07) is 12.4. The summed E-state index contributed by atoms with van der Waals surface area (Å²) in [5.74, 6) is 1.67. The number of hydrogen-bond acceptors (Lipinski definition) is 4. The molecule has 5 heteroatoms. The van der Waals surface area contributed by atoms with Crippen LogP contribution in [-0.2, 0) is 11.3 Å². The van der Waals surface area contributed by atoms with Crippen molar-refractivity contribution in [2.45, 2.75) is 39.3 Å². The maximum Gasteiger partial charge on any atom is 0.222 e. The molecule has 1 unspecified atom stereocenters. The minimum atomic E-state index is 0.281. The number of amides is 1. The highest BCUT2D eigenvalue weighted by atomic mass is 16.5. The average Bonchev–Trinajstić information content (AvgIpc) is 3.05. The quantitative estimate of drug-likeness (QED) is 0.808. The van der Waals surface area contributed by atoms with Crippen LogP contribution in [0.4, 0.5) is 0 Å². The minimum Gasteiger partial charge on any atom is -0.359 e. The zero-order valence-electron chi connectivity index (χ0n) is 15.3. The van der Waals surface area contributed by atoms with E-state index in [1.54, 1.807) is 0 Å². The lowest BCUT2D eigenvalue weighted by Crippen LogP contribution is -2.46. The third-order valence-electron chi connectivity index (χ3n) is 4.79. The molecule has 1 amide bonds. The van der Waals surface area contributed by atoms with Crippen LogP contribution in [0.3, 0.4) is 0 Å². The molecule has 0 aliphatic carbocycles. The van der Waals surface area contributed by atoms with Crippen LogP contribution >= 0.6 is 0 Å². The summed E-state index contributed by atoms with van der Waals surface area (Å²) in [7, 11) is 2.10. The first-order valence-electron chi connectivity index (χ1n) is 9.02. The fraction of sp³-hybridized carbons (Fsp3) is 0.500. The van der Waals surface area contributed by atoms with Gasteiger partial charge in [-0.1, -0.05) is 35.5 Å². The fourth-order valence-electron chi connectivity index (χ4n) is 3.49. The smallest absolute Gasteiger partial charge is 0.222 e. The summed E-state index contributed by atoms with van der Waals surface area (Å²) in [5, 5.41) is 4.18. The molecule has 1 aliphatic rings. The molecule has 1 fully saturated rings. The second-order valence-electron chi connectivity index (χ2n) is 7.29. The van der Waals surface area contributed by atoms with E-state index in [2.05, 4.69) is 31.0 Å². The third-order valence-corrected chi connectivity index (χ3v) is 4.79. The SMILES string of the molecule is CC(C)N1CC(CN(C)Cc2cc(-c3ccccc3)no2)CCC1=O. The van der Waals surface area contributed by atoms with Gasteiger partial charge in [0.25, 0.3) is 0 Å². The van der Waals surface area contributed by atoms with E-state index in [4.69, 9.17) is 4.52 Å². The van der Waals surface area contributed by atoms with E-state index in [1.165, 1.54) is 0 Å². The lowest BCUT2D eigenvalue weighted by atomic mass is 9.96. The second kappa shape index (κ2) is 7.83. The van der Waals surface area contributed by atoms with E-state index in [0.29, 0.717) is 12.3 Å². The number of hydrogen-bond donors (Lipinski definition) is 0. The molecule has 1 aromatic heterocycles. The van der Waals surface area contributed by atoms with Crippen molar-refractivity contribution in [3.05, 3.63) is 42.2 Å². The van der Waals surface area contributed by atoms with Crippen LogP contribution in [0.25, 0.3) is 11.3 Å². The van der Waals surface area contributed by atoms with E-state index in [-0.39, 0.29) is 11.9 Å². The van der Waals surface area contributed by atoms with E-state index in [0.717, 1.165) is 43.1 Å². The maximum absolute atomic E-state index is 12.0. The van der Waals surface area contributed by atoms with Crippen molar-refractivity contribution < 1.29 is 9.32 Å². The van der Waals surface area contributed by atoms with Crippen molar-refractivity contribution in [3.63, 3.8) is 0 Å². The molecule has 0 saturated carbocycles. The molecule has 134 valence electrons. The first-order valence-corrected chi connectivity index (χ1v) is 9.02. The minimum absolute atomic E-state index is 0.281. The predicted molar refractivity (Wildman–Crippen MR) is 97.8 cm³/mol. The number of likely N-dealkylation sites (tertiary alicyclic amines) is 1. The summed E-state index contributed by atoms with van der Waals surface area (Å²) in [4.78, 5) is 16.2. The molecule has 0 spiro atoms. The number of carbonyl (C=O) groups is 1. The van der Waals surface area contributed by atoms with Gasteiger partial charge in [0, 0.05) is 37.2 Å². The molecule has 25 heavy (non-hydrogen) atoms. The van der Waals surface area contributed by atoms with Gasteiger partial charge in [-0.3, -0.25) is 9.69 Å². The Labute approximate surface area is 149 Å². The van der Waals surface area contributed by atoms with E-state index < -0.39 is 0 Å². The van der Waals surface area contributed by atoms with Gasteiger partial charge >= 0.3 is 0 Å². The highest BCUT2D eigenvalue weighted by Gasteiger charge is 2.28. The molecule has 0 N–H and O–H groups in total. The fourth-order valence-corrected chi connectivity index (χ4v) is 3.49. The number of aromatic nitrogens is 1. The zero-order valence-corrected chi connectivity index (χ0v) is 15.3. The summed E-state index contributed by atoms with van der Waals surface area (Å²) >= 11 is 0. The lowest BCUT2D eigenvalue weighted by Gasteiger charge is -2.36. The Bertz CT molecular complexity index is 696. The zero-order chi connectivity index (χ0) is 17.8. The van der Waals surface area contributed by atoms with Gasteiger partial charge in [-0.15, -0.1) is 0 Å². The van der Waals surface area contributed by atoms with Crippen molar-refractivity contribution >= 4 is 5.91 Å². The van der Waals surface area contributed by atoms with Crippen LogP contribution in [0.15, 0.2) is 40.9 Å². The monoisotopic (exact) mass is 341 g/mol. The summed E-state index contributed by atoms with van der Waals surface area (Å²) < 4.78 is 5.50.